The van der Waals surface area contributed by atoms with Crippen LogP contribution in [-0.4, -0.2) is 21.7 Å². The maximum Gasteiger partial charge on any atom is 0.251 e. The Hall–Kier alpha value is -2.34. The van der Waals surface area contributed by atoms with Gasteiger partial charge in [-0.3, -0.25) is 0 Å². The van der Waals surface area contributed by atoms with Crippen LogP contribution in [0.2, 0.25) is 0 Å². The Kier molecular flexibility index (Phi) is 4.94. The number of methoxy groups -OCH3 is 1. The average molecular weight is 304 g/mol. The van der Waals surface area contributed by atoms with Gasteiger partial charge in [0.25, 0.3) is 10.0 Å². The third kappa shape index (κ3) is 4.92. The van der Waals surface area contributed by atoms with Crippen LogP contribution in [0.15, 0.2) is 59.7 Å². The van der Waals surface area contributed by atoms with Crippen molar-refractivity contribution < 1.29 is 13.2 Å². The fourth-order valence-corrected chi connectivity index (χ4v) is 2.61. The van der Waals surface area contributed by atoms with Crippen LogP contribution < -0.4 is 9.57 Å². The van der Waals surface area contributed by atoms with Crippen LogP contribution in [0.3, 0.4) is 0 Å². The summed E-state index contributed by atoms with van der Waals surface area (Å²) in [5.74, 6) is 0.630. The highest BCUT2D eigenvalue weighted by Crippen LogP contribution is 2.09. The first-order valence-electron chi connectivity index (χ1n) is 6.29. The fourth-order valence-electron chi connectivity index (χ4n) is 1.70. The monoisotopic (exact) mass is 304 g/mol. The normalized spacial score (nSPS) is 11.5. The number of ether oxygens (including phenoxy) is 1. The van der Waals surface area contributed by atoms with Crippen LogP contribution in [0.25, 0.3) is 0 Å². The van der Waals surface area contributed by atoms with Gasteiger partial charge in [0.2, 0.25) is 0 Å². The summed E-state index contributed by atoms with van der Waals surface area (Å²) in [6.45, 7) is 0. The van der Waals surface area contributed by atoms with Crippen LogP contribution in [0.1, 0.15) is 11.1 Å². The second-order valence-corrected chi connectivity index (χ2v) is 6.07. The molecule has 0 aliphatic heterocycles. The molecule has 0 amide bonds. The van der Waals surface area contributed by atoms with E-state index in [1.807, 2.05) is 6.07 Å². The molecule has 0 atom stereocenters. The molecule has 2 rings (SSSR count). The second-order valence-electron chi connectivity index (χ2n) is 4.37. The Morgan fingerprint density at radius 3 is 2.38 bits per heavy atom. The van der Waals surface area contributed by atoms with E-state index < -0.39 is 10.0 Å². The Morgan fingerprint density at radius 1 is 1.10 bits per heavy atom. The summed E-state index contributed by atoms with van der Waals surface area (Å²) in [6.07, 6.45) is 1.45. The van der Waals surface area contributed by atoms with E-state index in [-0.39, 0.29) is 5.75 Å². The lowest BCUT2D eigenvalue weighted by molar-refractivity contribution is 0.415. The molecule has 0 saturated carbocycles. The molecule has 0 radical (unpaired) electrons. The summed E-state index contributed by atoms with van der Waals surface area (Å²) in [5, 5.41) is 3.76. The molecular formula is C15H16N2O3S. The van der Waals surface area contributed by atoms with Gasteiger partial charge in [0.15, 0.2) is 0 Å². The van der Waals surface area contributed by atoms with E-state index in [9.17, 15) is 8.42 Å². The number of hydrogen-bond acceptors (Lipinski definition) is 4. The topological polar surface area (TPSA) is 67.8 Å². The quantitative estimate of drug-likeness (QED) is 0.657. The van der Waals surface area contributed by atoms with Crippen LogP contribution in [0.5, 0.6) is 5.75 Å². The number of nitrogens with zero attached hydrogens (tertiary/aromatic N) is 1. The average Bonchev–Trinajstić information content (AvgIpc) is 2.48. The van der Waals surface area contributed by atoms with Crippen LogP contribution in [0.4, 0.5) is 0 Å². The minimum Gasteiger partial charge on any atom is -0.497 e. The Labute approximate surface area is 124 Å². The zero-order valence-electron chi connectivity index (χ0n) is 11.6. The van der Waals surface area contributed by atoms with Gasteiger partial charge in [-0.15, -0.1) is 0 Å². The van der Waals surface area contributed by atoms with E-state index in [1.165, 1.54) is 6.21 Å². The van der Waals surface area contributed by atoms with Crippen LogP contribution in [-0.2, 0) is 15.8 Å². The predicted octanol–water partition coefficient (Wildman–Crippen LogP) is 2.15. The first kappa shape index (κ1) is 15.1. The Morgan fingerprint density at radius 2 is 1.76 bits per heavy atom. The molecule has 0 saturated heterocycles. The van der Waals surface area contributed by atoms with Crippen LogP contribution >= 0.6 is 0 Å². The summed E-state index contributed by atoms with van der Waals surface area (Å²) in [4.78, 5) is 2.19. The van der Waals surface area contributed by atoms with Crippen molar-refractivity contribution in [1.29, 1.82) is 0 Å². The minimum absolute atomic E-state index is 0.103. The first-order chi connectivity index (χ1) is 10.1. The van der Waals surface area contributed by atoms with E-state index in [0.717, 1.165) is 11.3 Å². The van der Waals surface area contributed by atoms with E-state index in [2.05, 4.69) is 9.93 Å². The van der Waals surface area contributed by atoms with E-state index >= 15 is 0 Å². The zero-order chi connectivity index (χ0) is 15.1. The van der Waals surface area contributed by atoms with Gasteiger partial charge in [-0.1, -0.05) is 30.3 Å². The summed E-state index contributed by atoms with van der Waals surface area (Å²) < 4.78 is 28.7. The van der Waals surface area contributed by atoms with Gasteiger partial charge < -0.3 is 4.74 Å². The number of nitrogens with one attached hydrogen (secondary N) is 1. The fraction of sp³-hybridized carbons (Fsp3) is 0.133. The molecule has 0 aliphatic carbocycles. The van der Waals surface area contributed by atoms with Crippen molar-refractivity contribution in [3.8, 4) is 5.75 Å². The molecule has 6 heteroatoms. The molecule has 0 spiro atoms. The maximum atomic E-state index is 11.8. The largest absolute Gasteiger partial charge is 0.497 e. The molecule has 0 unspecified atom stereocenters. The van der Waals surface area contributed by atoms with E-state index in [0.29, 0.717) is 5.56 Å². The van der Waals surface area contributed by atoms with Crippen molar-refractivity contribution in [2.75, 3.05) is 7.11 Å². The lowest BCUT2D eigenvalue weighted by Crippen LogP contribution is -2.20. The van der Waals surface area contributed by atoms with Gasteiger partial charge in [-0.2, -0.15) is 5.10 Å². The van der Waals surface area contributed by atoms with Gasteiger partial charge in [0, 0.05) is 0 Å². The Bertz CT molecular complexity index is 695. The molecule has 0 aromatic heterocycles. The molecule has 110 valence electrons. The number of rotatable bonds is 6. The van der Waals surface area contributed by atoms with E-state index in [1.54, 1.807) is 55.6 Å². The third-order valence-electron chi connectivity index (χ3n) is 2.72. The molecule has 2 aromatic rings. The highest BCUT2D eigenvalue weighted by molar-refractivity contribution is 7.88. The zero-order valence-corrected chi connectivity index (χ0v) is 12.4. The summed E-state index contributed by atoms with van der Waals surface area (Å²) in [5.41, 5.74) is 1.49. The molecule has 0 bridgehead atoms. The van der Waals surface area contributed by atoms with Gasteiger partial charge in [0.1, 0.15) is 5.75 Å². The molecule has 21 heavy (non-hydrogen) atoms. The lowest BCUT2D eigenvalue weighted by Gasteiger charge is -2.03. The predicted molar refractivity (Wildman–Crippen MR) is 82.8 cm³/mol. The third-order valence-corrected chi connectivity index (χ3v) is 3.82. The first-order valence-corrected chi connectivity index (χ1v) is 7.95. The molecule has 0 aliphatic rings. The molecule has 0 heterocycles. The smallest absolute Gasteiger partial charge is 0.251 e. The van der Waals surface area contributed by atoms with E-state index in [4.69, 9.17) is 4.74 Å². The highest BCUT2D eigenvalue weighted by atomic mass is 32.2. The second kappa shape index (κ2) is 6.90. The van der Waals surface area contributed by atoms with Gasteiger partial charge in [-0.05, 0) is 35.4 Å². The molecular weight excluding hydrogens is 288 g/mol. The van der Waals surface area contributed by atoms with Crippen molar-refractivity contribution in [3.05, 3.63) is 65.7 Å². The standard InChI is InChI=1S/C15H16N2O3S/c1-20-15-9-7-13(8-10-15)11-16-17-21(18,19)12-14-5-3-2-4-6-14/h2-11,17H,12H2,1H3/b16-11+. The summed E-state index contributed by atoms with van der Waals surface area (Å²) >= 11 is 0. The highest BCUT2D eigenvalue weighted by Gasteiger charge is 2.09. The van der Waals surface area contributed by atoms with Crippen LogP contribution in [0, 0.1) is 0 Å². The minimum atomic E-state index is -3.49. The van der Waals surface area contributed by atoms with Crippen molar-refractivity contribution in [1.82, 2.24) is 4.83 Å². The maximum absolute atomic E-state index is 11.8. The van der Waals surface area contributed by atoms with Crippen molar-refractivity contribution in [2.24, 2.45) is 5.10 Å². The molecule has 2 aromatic carbocycles. The van der Waals surface area contributed by atoms with Crippen molar-refractivity contribution in [3.63, 3.8) is 0 Å². The summed E-state index contributed by atoms with van der Waals surface area (Å²) in [6, 6.07) is 16.1. The van der Waals surface area contributed by atoms with Gasteiger partial charge in [0.05, 0.1) is 19.1 Å². The van der Waals surface area contributed by atoms with Gasteiger partial charge in [-0.25, -0.2) is 13.2 Å². The number of sulfonamides is 1. The summed E-state index contributed by atoms with van der Waals surface area (Å²) in [7, 11) is -1.91. The van der Waals surface area contributed by atoms with Crippen molar-refractivity contribution in [2.45, 2.75) is 5.75 Å². The number of hydrogen-bond donors (Lipinski definition) is 1. The molecule has 5 nitrogen and oxygen atoms in total. The number of hydrazone groups is 1. The number of benzene rings is 2. The SMILES string of the molecule is COc1ccc(/C=N/NS(=O)(=O)Cc2ccccc2)cc1. The van der Waals surface area contributed by atoms with Gasteiger partial charge >= 0.3 is 0 Å². The Balaban J connectivity index is 1.95. The molecule has 0 fully saturated rings. The van der Waals surface area contributed by atoms with Crippen molar-refractivity contribution >= 4 is 16.2 Å². The molecule has 1 N–H and O–H groups in total. The lowest BCUT2D eigenvalue weighted by atomic mass is 10.2.